The molecule has 0 aliphatic carbocycles. The molecule has 24 heavy (non-hydrogen) atoms. The molecule has 3 rings (SSSR count). The number of ether oxygens (including phenoxy) is 3. The van der Waals surface area contributed by atoms with Crippen molar-refractivity contribution in [3.05, 3.63) is 18.2 Å². The molecule has 1 atom stereocenters. The molecule has 0 radical (unpaired) electrons. The van der Waals surface area contributed by atoms with Gasteiger partial charge in [-0.05, 0) is 12.1 Å². The van der Waals surface area contributed by atoms with Crippen molar-refractivity contribution in [3.8, 4) is 11.5 Å². The lowest BCUT2D eigenvalue weighted by molar-refractivity contribution is -0.141. The first-order chi connectivity index (χ1) is 11.6. The van der Waals surface area contributed by atoms with Crippen LogP contribution in [0.1, 0.15) is 6.42 Å². The second-order valence-electron chi connectivity index (χ2n) is 5.53. The van der Waals surface area contributed by atoms with Crippen molar-refractivity contribution in [2.45, 2.75) is 6.42 Å². The van der Waals surface area contributed by atoms with Crippen LogP contribution in [0.15, 0.2) is 18.2 Å². The van der Waals surface area contributed by atoms with Crippen LogP contribution < -0.4 is 19.7 Å². The number of nitrogens with zero attached hydrogens (tertiary/aromatic N) is 1. The van der Waals surface area contributed by atoms with Crippen molar-refractivity contribution < 1.29 is 28.6 Å². The highest BCUT2D eigenvalue weighted by Gasteiger charge is 2.35. The van der Waals surface area contributed by atoms with Gasteiger partial charge in [0.2, 0.25) is 11.8 Å². The van der Waals surface area contributed by atoms with Gasteiger partial charge in [0.25, 0.3) is 0 Å². The molecule has 1 fully saturated rings. The van der Waals surface area contributed by atoms with E-state index >= 15 is 0 Å². The molecule has 1 aromatic carbocycles. The van der Waals surface area contributed by atoms with E-state index in [2.05, 4.69) is 10.1 Å². The Morgan fingerprint density at radius 3 is 2.79 bits per heavy atom. The highest BCUT2D eigenvalue weighted by molar-refractivity contribution is 6.00. The Morgan fingerprint density at radius 2 is 2.04 bits per heavy atom. The van der Waals surface area contributed by atoms with Gasteiger partial charge >= 0.3 is 5.97 Å². The van der Waals surface area contributed by atoms with Gasteiger partial charge in [-0.15, -0.1) is 0 Å². The second-order valence-corrected chi connectivity index (χ2v) is 5.53. The Bertz CT molecular complexity index is 675. The van der Waals surface area contributed by atoms with Gasteiger partial charge < -0.3 is 24.4 Å². The van der Waals surface area contributed by atoms with Crippen LogP contribution in [0.3, 0.4) is 0 Å². The molecule has 2 aliphatic heterocycles. The topological polar surface area (TPSA) is 94.2 Å². The maximum absolute atomic E-state index is 12.2. The minimum Gasteiger partial charge on any atom is -0.486 e. The zero-order valence-corrected chi connectivity index (χ0v) is 13.2. The predicted octanol–water partition coefficient (Wildman–Crippen LogP) is 0.0999. The monoisotopic (exact) mass is 334 g/mol. The fourth-order valence-corrected chi connectivity index (χ4v) is 2.71. The minimum atomic E-state index is -0.531. The molecule has 2 aliphatic rings. The molecule has 1 aromatic rings. The third-order valence-corrected chi connectivity index (χ3v) is 3.97. The molecule has 1 saturated heterocycles. The minimum absolute atomic E-state index is 0.0987. The third-order valence-electron chi connectivity index (χ3n) is 3.97. The van der Waals surface area contributed by atoms with Crippen molar-refractivity contribution in [1.82, 2.24) is 5.32 Å². The van der Waals surface area contributed by atoms with Crippen LogP contribution in [0, 0.1) is 5.92 Å². The number of hydrogen-bond donors (Lipinski definition) is 1. The number of carbonyl (C=O) groups excluding carboxylic acids is 3. The van der Waals surface area contributed by atoms with Gasteiger partial charge in [-0.1, -0.05) is 0 Å². The summed E-state index contributed by atoms with van der Waals surface area (Å²) in [6, 6.07) is 5.25. The van der Waals surface area contributed by atoms with E-state index in [1.165, 1.54) is 7.11 Å². The summed E-state index contributed by atoms with van der Waals surface area (Å²) >= 11 is 0. The summed E-state index contributed by atoms with van der Waals surface area (Å²) in [7, 11) is 1.25. The maximum Gasteiger partial charge on any atom is 0.325 e. The molecule has 0 aromatic heterocycles. The summed E-state index contributed by atoms with van der Waals surface area (Å²) in [5, 5.41) is 2.48. The average Bonchev–Trinajstić information content (AvgIpc) is 3.00. The van der Waals surface area contributed by atoms with Crippen molar-refractivity contribution in [2.75, 3.05) is 38.3 Å². The molecule has 128 valence electrons. The van der Waals surface area contributed by atoms with Crippen LogP contribution >= 0.6 is 0 Å². The Labute approximate surface area is 138 Å². The number of amides is 2. The van der Waals surface area contributed by atoms with Gasteiger partial charge in [-0.25, -0.2) is 0 Å². The van der Waals surface area contributed by atoms with E-state index in [1.807, 2.05) is 0 Å². The number of esters is 1. The van der Waals surface area contributed by atoms with Crippen LogP contribution in [0.25, 0.3) is 0 Å². The van der Waals surface area contributed by atoms with E-state index in [4.69, 9.17) is 9.47 Å². The largest absolute Gasteiger partial charge is 0.486 e. The molecule has 0 unspecified atom stereocenters. The van der Waals surface area contributed by atoms with Crippen LogP contribution in [0.4, 0.5) is 5.69 Å². The fourth-order valence-electron chi connectivity index (χ4n) is 2.71. The quantitative estimate of drug-likeness (QED) is 0.785. The first-order valence-electron chi connectivity index (χ1n) is 7.63. The summed E-state index contributed by atoms with van der Waals surface area (Å²) in [6.07, 6.45) is 0.0987. The summed E-state index contributed by atoms with van der Waals surface area (Å²) in [4.78, 5) is 36.9. The molecular formula is C16H18N2O6. The van der Waals surface area contributed by atoms with E-state index < -0.39 is 11.9 Å². The Balaban J connectivity index is 1.66. The molecule has 2 heterocycles. The molecule has 1 N–H and O–H groups in total. The number of carbonyl (C=O) groups is 3. The Kier molecular flexibility index (Phi) is 4.54. The smallest absolute Gasteiger partial charge is 0.325 e. The zero-order valence-electron chi connectivity index (χ0n) is 13.2. The average molecular weight is 334 g/mol. The van der Waals surface area contributed by atoms with Gasteiger partial charge in [0.05, 0.1) is 13.0 Å². The lowest BCUT2D eigenvalue weighted by Crippen LogP contribution is -2.36. The highest BCUT2D eigenvalue weighted by atomic mass is 16.6. The van der Waals surface area contributed by atoms with Crippen molar-refractivity contribution in [2.24, 2.45) is 5.92 Å². The van der Waals surface area contributed by atoms with Gasteiger partial charge in [0, 0.05) is 24.7 Å². The van der Waals surface area contributed by atoms with Gasteiger partial charge in [-0.2, -0.15) is 0 Å². The Hall–Kier alpha value is -2.77. The number of methoxy groups -OCH3 is 1. The van der Waals surface area contributed by atoms with E-state index in [-0.39, 0.29) is 31.3 Å². The lowest BCUT2D eigenvalue weighted by Gasteiger charge is -2.22. The zero-order chi connectivity index (χ0) is 17.1. The predicted molar refractivity (Wildman–Crippen MR) is 82.9 cm³/mol. The summed E-state index contributed by atoms with van der Waals surface area (Å²) < 4.78 is 15.4. The highest BCUT2D eigenvalue weighted by Crippen LogP contribution is 2.35. The standard InChI is InChI=1S/C16H18N2O6/c1-22-15(20)8-17-16(21)10-6-14(19)18(9-10)11-2-3-12-13(7-11)24-5-4-23-12/h2-3,7,10H,4-6,8-9H2,1H3,(H,17,21)/t10-/m1/s1. The van der Waals surface area contributed by atoms with E-state index in [9.17, 15) is 14.4 Å². The van der Waals surface area contributed by atoms with Crippen molar-refractivity contribution in [1.29, 1.82) is 0 Å². The molecule has 0 spiro atoms. The molecular weight excluding hydrogens is 316 g/mol. The molecule has 0 bridgehead atoms. The van der Waals surface area contributed by atoms with E-state index in [0.717, 1.165) is 0 Å². The number of rotatable bonds is 4. The third kappa shape index (κ3) is 3.27. The first-order valence-corrected chi connectivity index (χ1v) is 7.63. The number of benzene rings is 1. The number of hydrogen-bond acceptors (Lipinski definition) is 6. The molecule has 0 saturated carbocycles. The fraction of sp³-hybridized carbons (Fsp3) is 0.438. The summed E-state index contributed by atoms with van der Waals surface area (Å²) in [5.41, 5.74) is 0.660. The number of nitrogens with one attached hydrogen (secondary N) is 1. The van der Waals surface area contributed by atoms with Crippen molar-refractivity contribution in [3.63, 3.8) is 0 Å². The molecule has 8 heteroatoms. The normalized spacial score (nSPS) is 19.1. The van der Waals surface area contributed by atoms with Crippen LogP contribution in [-0.4, -0.2) is 51.2 Å². The van der Waals surface area contributed by atoms with Gasteiger partial charge in [-0.3, -0.25) is 14.4 Å². The van der Waals surface area contributed by atoms with Crippen molar-refractivity contribution >= 4 is 23.5 Å². The summed E-state index contributed by atoms with van der Waals surface area (Å²) in [6.45, 7) is 1.01. The SMILES string of the molecule is COC(=O)CNC(=O)[C@@H]1CC(=O)N(c2ccc3c(c2)OCCO3)C1. The first kappa shape index (κ1) is 16.1. The molecule has 8 nitrogen and oxygen atoms in total. The Morgan fingerprint density at radius 1 is 1.29 bits per heavy atom. The van der Waals surface area contributed by atoms with Crippen LogP contribution in [0.2, 0.25) is 0 Å². The van der Waals surface area contributed by atoms with Crippen LogP contribution in [0.5, 0.6) is 11.5 Å². The van der Waals surface area contributed by atoms with E-state index in [1.54, 1.807) is 23.1 Å². The maximum atomic E-state index is 12.2. The lowest BCUT2D eigenvalue weighted by atomic mass is 10.1. The number of fused-ring (bicyclic) bond motifs is 1. The second kappa shape index (κ2) is 6.77. The van der Waals surface area contributed by atoms with Gasteiger partial charge in [0.1, 0.15) is 19.8 Å². The van der Waals surface area contributed by atoms with Gasteiger partial charge in [0.15, 0.2) is 11.5 Å². The summed E-state index contributed by atoms with van der Waals surface area (Å²) in [5.74, 6) is -0.292. The van der Waals surface area contributed by atoms with Crippen LogP contribution in [-0.2, 0) is 19.1 Å². The molecule has 2 amide bonds. The van der Waals surface area contributed by atoms with E-state index in [0.29, 0.717) is 30.4 Å². The number of anilines is 1.